The summed E-state index contributed by atoms with van der Waals surface area (Å²) in [7, 11) is 0. The highest BCUT2D eigenvalue weighted by atomic mass is 16.4. The maximum atomic E-state index is 12.1. The van der Waals surface area contributed by atoms with Gasteiger partial charge in [-0.3, -0.25) is 9.59 Å². The fraction of sp³-hybridized carbons (Fsp3) is 0.667. The summed E-state index contributed by atoms with van der Waals surface area (Å²) in [5.41, 5.74) is 1.13. The number of nitrogens with zero attached hydrogens (tertiary/aromatic N) is 1. The van der Waals surface area contributed by atoms with E-state index in [0.717, 1.165) is 24.2 Å². The Hall–Kier alpha value is -1.36. The maximum absolute atomic E-state index is 12.1. The molecular formula is C12H18N2O3. The molecule has 1 unspecified atom stereocenters. The Morgan fingerprint density at radius 3 is 2.47 bits per heavy atom. The second-order valence-electron chi connectivity index (χ2n) is 5.17. The van der Waals surface area contributed by atoms with Crippen molar-refractivity contribution >= 4 is 11.9 Å². The van der Waals surface area contributed by atoms with Crippen LogP contribution in [0.15, 0.2) is 11.1 Å². The fourth-order valence-electron chi connectivity index (χ4n) is 2.21. The van der Waals surface area contributed by atoms with E-state index in [1.807, 2.05) is 6.92 Å². The Morgan fingerprint density at radius 1 is 1.41 bits per heavy atom. The number of rotatable bonds is 2. The van der Waals surface area contributed by atoms with E-state index >= 15 is 0 Å². The van der Waals surface area contributed by atoms with E-state index in [0.29, 0.717) is 19.5 Å². The van der Waals surface area contributed by atoms with Crippen LogP contribution in [-0.4, -0.2) is 48.1 Å². The van der Waals surface area contributed by atoms with Crippen molar-refractivity contribution in [1.29, 1.82) is 0 Å². The average Bonchev–Trinajstić information content (AvgIpc) is 2.58. The Labute approximate surface area is 100 Å². The second-order valence-corrected chi connectivity index (χ2v) is 5.17. The van der Waals surface area contributed by atoms with E-state index in [1.165, 1.54) is 0 Å². The number of aliphatic carboxylic acids is 1. The lowest BCUT2D eigenvalue weighted by atomic mass is 9.90. The summed E-state index contributed by atoms with van der Waals surface area (Å²) in [6, 6.07) is 0. The molecule has 2 aliphatic rings. The summed E-state index contributed by atoms with van der Waals surface area (Å²) in [4.78, 5) is 24.9. The molecule has 0 aliphatic carbocycles. The number of likely N-dealkylation sites (tertiary alicyclic amines) is 1. The second kappa shape index (κ2) is 4.14. The van der Waals surface area contributed by atoms with E-state index in [-0.39, 0.29) is 5.91 Å². The number of hydrogen-bond donors (Lipinski definition) is 2. The number of carbonyl (C=O) groups is 2. The van der Waals surface area contributed by atoms with Gasteiger partial charge >= 0.3 is 5.97 Å². The molecule has 2 N–H and O–H groups in total. The summed E-state index contributed by atoms with van der Waals surface area (Å²) in [5.74, 6) is -0.824. The van der Waals surface area contributed by atoms with Crippen LogP contribution in [0.5, 0.6) is 0 Å². The highest BCUT2D eigenvalue weighted by molar-refractivity contribution is 5.94. The molecule has 2 aliphatic heterocycles. The van der Waals surface area contributed by atoms with Gasteiger partial charge in [0.15, 0.2) is 0 Å². The Balaban J connectivity index is 2.06. The smallest absolute Gasteiger partial charge is 0.311 e. The minimum absolute atomic E-state index is 0.00789. The Kier molecular flexibility index (Phi) is 2.95. The molecular weight excluding hydrogens is 220 g/mol. The molecule has 0 aromatic rings. The van der Waals surface area contributed by atoms with Gasteiger partial charge < -0.3 is 15.3 Å². The fourth-order valence-corrected chi connectivity index (χ4v) is 2.21. The molecule has 2 saturated heterocycles. The first-order valence-electron chi connectivity index (χ1n) is 5.86. The van der Waals surface area contributed by atoms with Gasteiger partial charge in [0.05, 0.1) is 5.41 Å². The lowest BCUT2D eigenvalue weighted by molar-refractivity contribution is -0.147. The predicted octanol–water partition coefficient (Wildman–Crippen LogP) is 0.229. The number of amides is 1. The van der Waals surface area contributed by atoms with Crippen LogP contribution < -0.4 is 5.32 Å². The van der Waals surface area contributed by atoms with Gasteiger partial charge in [-0.05, 0) is 25.8 Å². The zero-order chi connectivity index (χ0) is 12.6. The molecule has 2 rings (SSSR count). The topological polar surface area (TPSA) is 69.6 Å². The molecule has 94 valence electrons. The molecule has 1 atom stereocenters. The molecule has 0 spiro atoms. The molecule has 2 fully saturated rings. The van der Waals surface area contributed by atoms with Crippen molar-refractivity contribution in [2.75, 3.05) is 26.2 Å². The summed E-state index contributed by atoms with van der Waals surface area (Å²) in [6.45, 7) is 5.95. The Bertz CT molecular complexity index is 397. The normalized spacial score (nSPS) is 27.9. The van der Waals surface area contributed by atoms with Crippen molar-refractivity contribution in [3.63, 3.8) is 0 Å². The largest absolute Gasteiger partial charge is 0.481 e. The van der Waals surface area contributed by atoms with Crippen molar-refractivity contribution in [3.8, 4) is 0 Å². The highest BCUT2D eigenvalue weighted by Gasteiger charge is 2.42. The van der Waals surface area contributed by atoms with Crippen LogP contribution in [0, 0.1) is 5.41 Å². The molecule has 0 radical (unpaired) electrons. The molecule has 0 saturated carbocycles. The predicted molar refractivity (Wildman–Crippen MR) is 62.5 cm³/mol. The number of carbonyl (C=O) groups excluding carboxylic acids is 1. The summed E-state index contributed by atoms with van der Waals surface area (Å²) < 4.78 is 0. The lowest BCUT2D eigenvalue weighted by Gasteiger charge is -2.25. The van der Waals surface area contributed by atoms with E-state index in [2.05, 4.69) is 5.32 Å². The molecule has 0 bridgehead atoms. The SMILES string of the molecule is CC(C(=O)N1CCC(C)(C(=O)O)C1)=C1CNC1. The number of carboxylic acid groups (broad SMARTS) is 1. The van der Waals surface area contributed by atoms with Gasteiger partial charge in [0.2, 0.25) is 5.91 Å². The van der Waals surface area contributed by atoms with E-state index in [4.69, 9.17) is 5.11 Å². The van der Waals surface area contributed by atoms with Crippen molar-refractivity contribution in [2.45, 2.75) is 20.3 Å². The average molecular weight is 238 g/mol. The minimum atomic E-state index is -0.816. The van der Waals surface area contributed by atoms with E-state index < -0.39 is 11.4 Å². The molecule has 17 heavy (non-hydrogen) atoms. The third kappa shape index (κ3) is 2.07. The molecule has 2 heterocycles. The standard InChI is InChI=1S/C12H18N2O3/c1-8(9-5-13-6-9)10(15)14-4-3-12(2,7-14)11(16)17/h13H,3-7H2,1-2H3,(H,16,17). The first-order valence-corrected chi connectivity index (χ1v) is 5.86. The monoisotopic (exact) mass is 238 g/mol. The van der Waals surface area contributed by atoms with Gasteiger partial charge in [-0.15, -0.1) is 0 Å². The van der Waals surface area contributed by atoms with Gasteiger partial charge in [-0.1, -0.05) is 0 Å². The third-order valence-corrected chi connectivity index (χ3v) is 3.80. The van der Waals surface area contributed by atoms with Crippen molar-refractivity contribution in [2.24, 2.45) is 5.41 Å². The van der Waals surface area contributed by atoms with E-state index in [1.54, 1.807) is 11.8 Å². The maximum Gasteiger partial charge on any atom is 0.311 e. The summed E-state index contributed by atoms with van der Waals surface area (Å²) in [6.07, 6.45) is 0.537. The number of carboxylic acids is 1. The zero-order valence-corrected chi connectivity index (χ0v) is 10.2. The van der Waals surface area contributed by atoms with Gasteiger partial charge in [0, 0.05) is 31.8 Å². The molecule has 0 aromatic carbocycles. The van der Waals surface area contributed by atoms with Gasteiger partial charge in [0.25, 0.3) is 0 Å². The van der Waals surface area contributed by atoms with Crippen LogP contribution in [0.1, 0.15) is 20.3 Å². The van der Waals surface area contributed by atoms with Crippen LogP contribution in [0.2, 0.25) is 0 Å². The highest BCUT2D eigenvalue weighted by Crippen LogP contribution is 2.31. The van der Waals surface area contributed by atoms with Gasteiger partial charge in [-0.2, -0.15) is 0 Å². The summed E-state index contributed by atoms with van der Waals surface area (Å²) >= 11 is 0. The lowest BCUT2D eigenvalue weighted by Crippen LogP contribution is -2.39. The van der Waals surface area contributed by atoms with Crippen LogP contribution in [0.4, 0.5) is 0 Å². The molecule has 0 aromatic heterocycles. The van der Waals surface area contributed by atoms with Crippen molar-refractivity contribution in [3.05, 3.63) is 11.1 Å². The van der Waals surface area contributed by atoms with Gasteiger partial charge in [0.1, 0.15) is 0 Å². The van der Waals surface area contributed by atoms with E-state index in [9.17, 15) is 9.59 Å². The zero-order valence-electron chi connectivity index (χ0n) is 10.2. The van der Waals surface area contributed by atoms with Crippen LogP contribution >= 0.6 is 0 Å². The third-order valence-electron chi connectivity index (χ3n) is 3.80. The molecule has 1 amide bonds. The number of nitrogens with one attached hydrogen (secondary N) is 1. The first kappa shape index (κ1) is 12.1. The number of hydrogen-bond acceptors (Lipinski definition) is 3. The van der Waals surface area contributed by atoms with Crippen LogP contribution in [0.25, 0.3) is 0 Å². The molecule has 5 heteroatoms. The molecule has 5 nitrogen and oxygen atoms in total. The van der Waals surface area contributed by atoms with Crippen molar-refractivity contribution in [1.82, 2.24) is 10.2 Å². The van der Waals surface area contributed by atoms with Crippen molar-refractivity contribution < 1.29 is 14.7 Å². The van der Waals surface area contributed by atoms with Gasteiger partial charge in [-0.25, -0.2) is 0 Å². The quantitative estimate of drug-likeness (QED) is 0.676. The first-order chi connectivity index (χ1) is 7.94. The summed E-state index contributed by atoms with van der Waals surface area (Å²) in [5, 5.41) is 12.2. The van der Waals surface area contributed by atoms with Crippen LogP contribution in [0.3, 0.4) is 0 Å². The minimum Gasteiger partial charge on any atom is -0.481 e. The van der Waals surface area contributed by atoms with Crippen LogP contribution in [-0.2, 0) is 9.59 Å². The Morgan fingerprint density at radius 2 is 2.06 bits per heavy atom.